The van der Waals surface area contributed by atoms with E-state index >= 15 is 0 Å². The van der Waals surface area contributed by atoms with Crippen molar-refractivity contribution in [3.8, 4) is 0 Å². The topological polar surface area (TPSA) is 82.1 Å². The fraction of sp³-hybridized carbons (Fsp3) is 1.00. The summed E-state index contributed by atoms with van der Waals surface area (Å²) < 4.78 is 47.1. The molecule has 0 radical (unpaired) electrons. The molecule has 0 bridgehead atoms. The van der Waals surface area contributed by atoms with Crippen molar-refractivity contribution in [2.45, 2.75) is 57.4 Å². The SMILES string of the molecule is C[C@@H]1O[C@H](CCS(=O)(=O)O)[C@H]2OC(C)(C)O[C@H]21. The van der Waals surface area contributed by atoms with Crippen molar-refractivity contribution in [2.24, 2.45) is 0 Å². The molecule has 4 atom stereocenters. The van der Waals surface area contributed by atoms with Gasteiger partial charge >= 0.3 is 0 Å². The van der Waals surface area contributed by atoms with Crippen molar-refractivity contribution in [3.63, 3.8) is 0 Å². The lowest BCUT2D eigenvalue weighted by molar-refractivity contribution is -0.185. The summed E-state index contributed by atoms with van der Waals surface area (Å²) in [6.07, 6.45) is -0.700. The minimum atomic E-state index is -3.96. The second kappa shape index (κ2) is 4.17. The largest absolute Gasteiger partial charge is 0.370 e. The minimum Gasteiger partial charge on any atom is -0.370 e. The maximum atomic E-state index is 10.7. The highest BCUT2D eigenvalue weighted by molar-refractivity contribution is 7.85. The van der Waals surface area contributed by atoms with E-state index in [0.29, 0.717) is 0 Å². The first kappa shape index (κ1) is 13.2. The summed E-state index contributed by atoms with van der Waals surface area (Å²) >= 11 is 0. The highest BCUT2D eigenvalue weighted by Gasteiger charge is 2.53. The van der Waals surface area contributed by atoms with Crippen molar-refractivity contribution < 1.29 is 27.2 Å². The normalized spacial score (nSPS) is 40.5. The molecule has 2 fully saturated rings. The first-order chi connectivity index (χ1) is 7.68. The molecule has 0 aliphatic carbocycles. The van der Waals surface area contributed by atoms with Gasteiger partial charge < -0.3 is 14.2 Å². The lowest BCUT2D eigenvalue weighted by atomic mass is 10.1. The van der Waals surface area contributed by atoms with E-state index in [2.05, 4.69) is 0 Å². The van der Waals surface area contributed by atoms with Gasteiger partial charge in [-0.3, -0.25) is 4.55 Å². The highest BCUT2D eigenvalue weighted by atomic mass is 32.2. The molecular weight excluding hydrogens is 248 g/mol. The zero-order valence-corrected chi connectivity index (χ0v) is 10.9. The highest BCUT2D eigenvalue weighted by Crippen LogP contribution is 2.39. The van der Waals surface area contributed by atoms with Crippen LogP contribution in [0.3, 0.4) is 0 Å². The van der Waals surface area contributed by atoms with Crippen LogP contribution in [-0.4, -0.2) is 48.9 Å². The van der Waals surface area contributed by atoms with Crippen molar-refractivity contribution in [1.82, 2.24) is 0 Å². The van der Waals surface area contributed by atoms with Crippen LogP contribution in [0.5, 0.6) is 0 Å². The van der Waals surface area contributed by atoms with Crippen LogP contribution in [0, 0.1) is 0 Å². The van der Waals surface area contributed by atoms with Crippen molar-refractivity contribution in [3.05, 3.63) is 0 Å². The lowest BCUT2D eigenvalue weighted by Crippen LogP contribution is -2.31. The Morgan fingerprint density at radius 3 is 2.41 bits per heavy atom. The van der Waals surface area contributed by atoms with Gasteiger partial charge in [-0.05, 0) is 27.2 Å². The Hall–Kier alpha value is -0.210. The second-order valence-electron chi connectivity index (χ2n) is 5.02. The Bertz CT molecular complexity index is 390. The number of hydrogen-bond donors (Lipinski definition) is 1. The third kappa shape index (κ3) is 2.97. The average Bonchev–Trinajstić information content (AvgIpc) is 2.58. The molecular formula is C10H18O6S. The molecule has 2 aliphatic rings. The van der Waals surface area contributed by atoms with Gasteiger partial charge in [0.25, 0.3) is 10.1 Å². The molecule has 7 heteroatoms. The quantitative estimate of drug-likeness (QED) is 0.752. The van der Waals surface area contributed by atoms with E-state index < -0.39 is 15.9 Å². The van der Waals surface area contributed by atoms with E-state index in [1.54, 1.807) is 0 Å². The number of ether oxygens (including phenoxy) is 3. The molecule has 17 heavy (non-hydrogen) atoms. The minimum absolute atomic E-state index is 0.131. The molecule has 2 saturated heterocycles. The number of fused-ring (bicyclic) bond motifs is 1. The Morgan fingerprint density at radius 1 is 1.24 bits per heavy atom. The van der Waals surface area contributed by atoms with Gasteiger partial charge in [-0.25, -0.2) is 0 Å². The molecule has 1 N–H and O–H groups in total. The van der Waals surface area contributed by atoms with Crippen LogP contribution in [0.4, 0.5) is 0 Å². The molecule has 0 aromatic carbocycles. The van der Waals surface area contributed by atoms with Gasteiger partial charge in [0, 0.05) is 0 Å². The lowest BCUT2D eigenvalue weighted by Gasteiger charge is -2.22. The van der Waals surface area contributed by atoms with E-state index in [1.165, 1.54) is 0 Å². The molecule has 6 nitrogen and oxygen atoms in total. The molecule has 0 aromatic rings. The molecule has 0 saturated carbocycles. The molecule has 100 valence electrons. The van der Waals surface area contributed by atoms with Gasteiger partial charge in [0.2, 0.25) is 0 Å². The van der Waals surface area contributed by atoms with Crippen LogP contribution in [0.15, 0.2) is 0 Å². The molecule has 2 rings (SSSR count). The average molecular weight is 266 g/mol. The van der Waals surface area contributed by atoms with Gasteiger partial charge in [-0.2, -0.15) is 8.42 Å². The van der Waals surface area contributed by atoms with Crippen LogP contribution < -0.4 is 0 Å². The summed E-state index contributed by atoms with van der Waals surface area (Å²) in [5.74, 6) is -0.985. The first-order valence-corrected chi connectivity index (χ1v) is 7.25. The maximum Gasteiger partial charge on any atom is 0.264 e. The van der Waals surface area contributed by atoms with Crippen LogP contribution in [0.1, 0.15) is 27.2 Å². The van der Waals surface area contributed by atoms with Crippen molar-refractivity contribution >= 4 is 10.1 Å². The summed E-state index contributed by atoms with van der Waals surface area (Å²) in [7, 11) is -3.96. The predicted molar refractivity (Wildman–Crippen MR) is 59.2 cm³/mol. The first-order valence-electron chi connectivity index (χ1n) is 5.64. The fourth-order valence-corrected chi connectivity index (χ4v) is 2.93. The molecule has 0 spiro atoms. The summed E-state index contributed by atoms with van der Waals surface area (Å²) in [4.78, 5) is 0. The molecule has 0 unspecified atom stereocenters. The van der Waals surface area contributed by atoms with Gasteiger partial charge in [0.15, 0.2) is 5.79 Å². The summed E-state index contributed by atoms with van der Waals surface area (Å²) in [6, 6.07) is 0. The molecule has 2 heterocycles. The van der Waals surface area contributed by atoms with E-state index in [4.69, 9.17) is 18.8 Å². The number of hydrogen-bond acceptors (Lipinski definition) is 5. The van der Waals surface area contributed by atoms with Crippen LogP contribution >= 0.6 is 0 Å². The molecule has 0 aromatic heterocycles. The third-order valence-corrected chi connectivity index (χ3v) is 3.79. The Labute approximate surface area is 101 Å². The molecule has 0 amide bonds. The Morgan fingerprint density at radius 2 is 1.82 bits per heavy atom. The van der Waals surface area contributed by atoms with Gasteiger partial charge in [0.1, 0.15) is 12.2 Å². The Balaban J connectivity index is 2.01. The van der Waals surface area contributed by atoms with Gasteiger partial charge in [-0.15, -0.1) is 0 Å². The molecule has 2 aliphatic heterocycles. The summed E-state index contributed by atoms with van der Waals surface area (Å²) in [6.45, 7) is 5.51. The van der Waals surface area contributed by atoms with E-state index in [1.807, 2.05) is 20.8 Å². The smallest absolute Gasteiger partial charge is 0.264 e. The Kier molecular flexibility index (Phi) is 3.24. The second-order valence-corrected chi connectivity index (χ2v) is 6.59. The number of rotatable bonds is 3. The maximum absolute atomic E-state index is 10.7. The van der Waals surface area contributed by atoms with Gasteiger partial charge in [0.05, 0.1) is 18.0 Å². The summed E-state index contributed by atoms with van der Waals surface area (Å²) in [5.41, 5.74) is 0. The van der Waals surface area contributed by atoms with Crippen LogP contribution in [0.25, 0.3) is 0 Å². The zero-order valence-electron chi connectivity index (χ0n) is 10.1. The van der Waals surface area contributed by atoms with Gasteiger partial charge in [-0.1, -0.05) is 0 Å². The fourth-order valence-electron chi connectivity index (χ4n) is 2.40. The van der Waals surface area contributed by atoms with E-state index in [9.17, 15) is 8.42 Å². The third-order valence-electron chi connectivity index (χ3n) is 3.04. The standard InChI is InChI=1S/C10H18O6S/c1-6-8-9(16-10(2,3)15-8)7(14-6)4-5-17(11,12)13/h6-9H,4-5H2,1-3H3,(H,11,12,13)/t6-,7+,8-,9+/m0/s1. The van der Waals surface area contributed by atoms with Crippen LogP contribution in [0.2, 0.25) is 0 Å². The monoisotopic (exact) mass is 266 g/mol. The zero-order chi connectivity index (χ0) is 12.8. The predicted octanol–water partition coefficient (Wildman–Crippen LogP) is 0.572. The summed E-state index contributed by atoms with van der Waals surface area (Å²) in [5, 5.41) is 0. The van der Waals surface area contributed by atoms with E-state index in [0.717, 1.165) is 0 Å². The van der Waals surface area contributed by atoms with Crippen molar-refractivity contribution in [2.75, 3.05) is 5.75 Å². The van der Waals surface area contributed by atoms with Crippen LogP contribution in [-0.2, 0) is 24.3 Å². The van der Waals surface area contributed by atoms with E-state index in [-0.39, 0.29) is 36.6 Å². The van der Waals surface area contributed by atoms with Crippen molar-refractivity contribution in [1.29, 1.82) is 0 Å².